The number of aryl methyl sites for hydroxylation is 2. The lowest BCUT2D eigenvalue weighted by atomic mass is 10.1. The maximum absolute atomic E-state index is 11.6. The molecule has 0 bridgehead atoms. The number of aromatic nitrogens is 1. The van der Waals surface area contributed by atoms with Gasteiger partial charge >= 0.3 is 0 Å². The van der Waals surface area contributed by atoms with Crippen molar-refractivity contribution in [2.45, 2.75) is 26.8 Å². The van der Waals surface area contributed by atoms with E-state index in [0.717, 1.165) is 42.1 Å². The monoisotopic (exact) mass is 248 g/mol. The molecule has 1 aliphatic rings. The first-order valence-electron chi connectivity index (χ1n) is 6.30. The summed E-state index contributed by atoms with van der Waals surface area (Å²) in [4.78, 5) is 18.2. The molecule has 0 atom stereocenters. The number of rotatable bonds is 2. The van der Waals surface area contributed by atoms with Crippen LogP contribution in [0.1, 0.15) is 23.2 Å². The second-order valence-electron chi connectivity index (χ2n) is 4.71. The van der Waals surface area contributed by atoms with Gasteiger partial charge in [-0.3, -0.25) is 4.79 Å². The summed E-state index contributed by atoms with van der Waals surface area (Å²) in [6.45, 7) is 6.39. The van der Waals surface area contributed by atoms with E-state index in [4.69, 9.17) is 5.73 Å². The summed E-state index contributed by atoms with van der Waals surface area (Å²) in [5.41, 5.74) is 8.96. The zero-order chi connectivity index (χ0) is 13.1. The van der Waals surface area contributed by atoms with Gasteiger partial charge in [0.1, 0.15) is 5.82 Å². The summed E-state index contributed by atoms with van der Waals surface area (Å²) in [6, 6.07) is 2.03. The number of nitrogens with two attached hydrogens (primary N) is 1. The van der Waals surface area contributed by atoms with Crippen LogP contribution in [0.25, 0.3) is 0 Å². The molecule has 0 unspecified atom stereocenters. The standard InChI is InChI=1S/C13H20N4O/c1-9-6-10(2)16-13(11(9)7-14)17-5-3-4-15-12(18)8-17/h6H,3-5,7-8,14H2,1-2H3,(H,15,18). The zero-order valence-corrected chi connectivity index (χ0v) is 11.0. The molecule has 0 aromatic carbocycles. The lowest BCUT2D eigenvalue weighted by molar-refractivity contribution is -0.119. The number of carbonyl (C=O) groups excluding carboxylic acids is 1. The SMILES string of the molecule is Cc1cc(C)c(CN)c(N2CCCNC(=O)C2)n1. The van der Waals surface area contributed by atoms with E-state index in [1.165, 1.54) is 0 Å². The van der Waals surface area contributed by atoms with Crippen LogP contribution in [0.3, 0.4) is 0 Å². The number of hydrogen-bond acceptors (Lipinski definition) is 4. The van der Waals surface area contributed by atoms with Crippen molar-refractivity contribution in [1.82, 2.24) is 10.3 Å². The van der Waals surface area contributed by atoms with Crippen molar-refractivity contribution in [1.29, 1.82) is 0 Å². The molecule has 1 aliphatic heterocycles. The van der Waals surface area contributed by atoms with Gasteiger partial charge in [-0.1, -0.05) is 0 Å². The second kappa shape index (κ2) is 5.35. The van der Waals surface area contributed by atoms with Crippen LogP contribution < -0.4 is 16.0 Å². The third-order valence-corrected chi connectivity index (χ3v) is 3.22. The molecule has 0 saturated carbocycles. The number of pyridine rings is 1. The molecule has 1 saturated heterocycles. The Hall–Kier alpha value is -1.62. The number of amides is 1. The second-order valence-corrected chi connectivity index (χ2v) is 4.71. The number of carbonyl (C=O) groups is 1. The van der Waals surface area contributed by atoms with Crippen molar-refractivity contribution in [2.75, 3.05) is 24.5 Å². The quantitative estimate of drug-likeness (QED) is 0.798. The molecular formula is C13H20N4O. The van der Waals surface area contributed by atoms with Crippen LogP contribution in [-0.2, 0) is 11.3 Å². The highest BCUT2D eigenvalue weighted by molar-refractivity contribution is 5.81. The van der Waals surface area contributed by atoms with Gasteiger partial charge in [0.25, 0.3) is 0 Å². The van der Waals surface area contributed by atoms with E-state index >= 15 is 0 Å². The Morgan fingerprint density at radius 1 is 1.50 bits per heavy atom. The van der Waals surface area contributed by atoms with Crippen LogP contribution >= 0.6 is 0 Å². The number of nitrogens with one attached hydrogen (secondary N) is 1. The predicted molar refractivity (Wildman–Crippen MR) is 71.4 cm³/mol. The van der Waals surface area contributed by atoms with E-state index in [0.29, 0.717) is 13.1 Å². The van der Waals surface area contributed by atoms with E-state index in [9.17, 15) is 4.79 Å². The lowest BCUT2D eigenvalue weighted by Crippen LogP contribution is -2.34. The van der Waals surface area contributed by atoms with Crippen LogP contribution in [0.15, 0.2) is 6.07 Å². The molecule has 0 radical (unpaired) electrons. The lowest BCUT2D eigenvalue weighted by Gasteiger charge is -2.24. The molecule has 98 valence electrons. The minimum absolute atomic E-state index is 0.0523. The molecule has 1 aromatic rings. The molecule has 1 fully saturated rings. The average molecular weight is 248 g/mol. The first-order chi connectivity index (χ1) is 8.61. The number of nitrogens with zero attached hydrogens (tertiary/aromatic N) is 2. The van der Waals surface area contributed by atoms with E-state index in [2.05, 4.69) is 10.3 Å². The fraction of sp³-hybridized carbons (Fsp3) is 0.538. The van der Waals surface area contributed by atoms with E-state index < -0.39 is 0 Å². The third-order valence-electron chi connectivity index (χ3n) is 3.22. The Kier molecular flexibility index (Phi) is 3.81. The molecule has 1 aromatic heterocycles. The molecule has 2 heterocycles. The van der Waals surface area contributed by atoms with Crippen LogP contribution in [0.5, 0.6) is 0 Å². The maximum Gasteiger partial charge on any atom is 0.239 e. The predicted octanol–water partition coefficient (Wildman–Crippen LogP) is 0.483. The molecule has 1 amide bonds. The topological polar surface area (TPSA) is 71.2 Å². The molecule has 18 heavy (non-hydrogen) atoms. The molecule has 0 spiro atoms. The van der Waals surface area contributed by atoms with Crippen molar-refractivity contribution in [3.63, 3.8) is 0 Å². The average Bonchev–Trinajstić information content (AvgIpc) is 2.53. The van der Waals surface area contributed by atoms with Gasteiger partial charge in [-0.15, -0.1) is 0 Å². The van der Waals surface area contributed by atoms with Crippen molar-refractivity contribution >= 4 is 11.7 Å². The molecular weight excluding hydrogens is 228 g/mol. The van der Waals surface area contributed by atoms with Gasteiger partial charge < -0.3 is 16.0 Å². The van der Waals surface area contributed by atoms with Crippen molar-refractivity contribution in [2.24, 2.45) is 5.73 Å². The van der Waals surface area contributed by atoms with E-state index in [1.54, 1.807) is 0 Å². The van der Waals surface area contributed by atoms with Crippen molar-refractivity contribution in [3.8, 4) is 0 Å². The van der Waals surface area contributed by atoms with Gasteiger partial charge in [-0.05, 0) is 31.9 Å². The Morgan fingerprint density at radius 3 is 3.00 bits per heavy atom. The fourth-order valence-corrected chi connectivity index (χ4v) is 2.34. The number of hydrogen-bond donors (Lipinski definition) is 2. The van der Waals surface area contributed by atoms with Crippen LogP contribution in [0.4, 0.5) is 5.82 Å². The molecule has 5 nitrogen and oxygen atoms in total. The summed E-state index contributed by atoms with van der Waals surface area (Å²) in [5.74, 6) is 0.920. The minimum Gasteiger partial charge on any atom is -0.354 e. The number of anilines is 1. The van der Waals surface area contributed by atoms with Crippen molar-refractivity contribution in [3.05, 3.63) is 22.9 Å². The maximum atomic E-state index is 11.6. The highest BCUT2D eigenvalue weighted by Gasteiger charge is 2.19. The van der Waals surface area contributed by atoms with E-state index in [-0.39, 0.29) is 5.91 Å². The summed E-state index contributed by atoms with van der Waals surface area (Å²) >= 11 is 0. The van der Waals surface area contributed by atoms with Gasteiger partial charge in [-0.25, -0.2) is 4.98 Å². The Balaban J connectivity index is 2.38. The van der Waals surface area contributed by atoms with Gasteiger partial charge in [0.15, 0.2) is 0 Å². The Morgan fingerprint density at radius 2 is 2.28 bits per heavy atom. The summed E-state index contributed by atoms with van der Waals surface area (Å²) in [7, 11) is 0. The van der Waals surface area contributed by atoms with Crippen molar-refractivity contribution < 1.29 is 4.79 Å². The van der Waals surface area contributed by atoms with Crippen LogP contribution in [0, 0.1) is 13.8 Å². The molecule has 0 aliphatic carbocycles. The summed E-state index contributed by atoms with van der Waals surface area (Å²) in [5, 5.41) is 2.87. The summed E-state index contributed by atoms with van der Waals surface area (Å²) in [6.07, 6.45) is 0.935. The first kappa shape index (κ1) is 12.8. The largest absolute Gasteiger partial charge is 0.354 e. The molecule has 3 N–H and O–H groups in total. The highest BCUT2D eigenvalue weighted by Crippen LogP contribution is 2.22. The molecule has 2 rings (SSSR count). The van der Waals surface area contributed by atoms with Gasteiger partial charge in [0.2, 0.25) is 5.91 Å². The first-order valence-corrected chi connectivity index (χ1v) is 6.30. The van der Waals surface area contributed by atoms with Crippen LogP contribution in [0.2, 0.25) is 0 Å². The van der Waals surface area contributed by atoms with Gasteiger partial charge in [0, 0.05) is 30.9 Å². The third kappa shape index (κ3) is 2.61. The van der Waals surface area contributed by atoms with Gasteiger partial charge in [0.05, 0.1) is 6.54 Å². The van der Waals surface area contributed by atoms with Crippen LogP contribution in [-0.4, -0.2) is 30.5 Å². The minimum atomic E-state index is 0.0523. The van der Waals surface area contributed by atoms with E-state index in [1.807, 2.05) is 24.8 Å². The highest BCUT2D eigenvalue weighted by atomic mass is 16.2. The zero-order valence-electron chi connectivity index (χ0n) is 11.0. The Labute approximate surface area is 107 Å². The van der Waals surface area contributed by atoms with Gasteiger partial charge in [-0.2, -0.15) is 0 Å². The normalized spacial score (nSPS) is 16.4. The fourth-order valence-electron chi connectivity index (χ4n) is 2.34. The molecule has 5 heteroatoms. The Bertz CT molecular complexity index is 459. The summed E-state index contributed by atoms with van der Waals surface area (Å²) < 4.78 is 0. The smallest absolute Gasteiger partial charge is 0.239 e.